The van der Waals surface area contributed by atoms with Gasteiger partial charge in [0.2, 0.25) is 0 Å². The second-order valence-corrected chi connectivity index (χ2v) is 7.88. The molecule has 0 aliphatic carbocycles. The lowest BCUT2D eigenvalue weighted by Gasteiger charge is -2.23. The zero-order valence-electron chi connectivity index (χ0n) is 12.3. The molecule has 0 radical (unpaired) electrons. The Bertz CT molecular complexity index is 950. The molecule has 0 amide bonds. The van der Waals surface area contributed by atoms with Crippen molar-refractivity contribution < 1.29 is 23.2 Å². The van der Waals surface area contributed by atoms with Crippen LogP contribution < -0.4 is 4.31 Å². The van der Waals surface area contributed by atoms with Gasteiger partial charge in [0.05, 0.1) is 15.6 Å². The number of nitro groups is 1. The van der Waals surface area contributed by atoms with Crippen LogP contribution in [-0.2, 0) is 14.8 Å². The zero-order chi connectivity index (χ0) is 18.8. The Balaban J connectivity index is 2.69. The lowest BCUT2D eigenvalue weighted by molar-refractivity contribution is -0.387. The van der Waals surface area contributed by atoms with Gasteiger partial charge in [-0.3, -0.25) is 19.2 Å². The molecular weight excluding hydrogens is 440 g/mol. The summed E-state index contributed by atoms with van der Waals surface area (Å²) in [5.74, 6) is -1.44. The maximum Gasteiger partial charge on any atom is 0.324 e. The minimum absolute atomic E-state index is 0.0298. The van der Waals surface area contributed by atoms with E-state index in [2.05, 4.69) is 15.9 Å². The molecular formula is C14H10BrClN2O6S. The zero-order valence-corrected chi connectivity index (χ0v) is 15.5. The first kappa shape index (κ1) is 19.2. The largest absolute Gasteiger partial charge is 0.480 e. The van der Waals surface area contributed by atoms with E-state index in [1.807, 2.05) is 0 Å². The summed E-state index contributed by atoms with van der Waals surface area (Å²) in [4.78, 5) is 20.8. The van der Waals surface area contributed by atoms with Gasteiger partial charge in [-0.15, -0.1) is 0 Å². The van der Waals surface area contributed by atoms with E-state index in [-0.39, 0.29) is 10.7 Å². The molecule has 0 saturated carbocycles. The molecule has 1 N–H and O–H groups in total. The van der Waals surface area contributed by atoms with Gasteiger partial charge in [-0.25, -0.2) is 8.42 Å². The number of hydrogen-bond acceptors (Lipinski definition) is 5. The molecule has 8 nitrogen and oxygen atoms in total. The number of rotatable bonds is 6. The summed E-state index contributed by atoms with van der Waals surface area (Å²) in [6.07, 6.45) is 0. The van der Waals surface area contributed by atoms with Crippen molar-refractivity contribution in [3.05, 3.63) is 62.1 Å². The number of nitrogens with zero attached hydrogens (tertiary/aromatic N) is 2. The molecule has 2 aromatic rings. The molecule has 25 heavy (non-hydrogen) atoms. The van der Waals surface area contributed by atoms with Gasteiger partial charge < -0.3 is 5.11 Å². The molecule has 132 valence electrons. The van der Waals surface area contributed by atoms with Crippen LogP contribution in [0.2, 0.25) is 5.02 Å². The van der Waals surface area contributed by atoms with Crippen LogP contribution in [0.1, 0.15) is 0 Å². The van der Waals surface area contributed by atoms with Crippen molar-refractivity contribution in [2.45, 2.75) is 4.90 Å². The number of aliphatic carboxylic acids is 1. The average Bonchev–Trinajstić information content (AvgIpc) is 2.53. The summed E-state index contributed by atoms with van der Waals surface area (Å²) < 4.78 is 26.9. The van der Waals surface area contributed by atoms with Crippen LogP contribution in [0, 0.1) is 10.1 Å². The van der Waals surface area contributed by atoms with Gasteiger partial charge in [-0.1, -0.05) is 39.7 Å². The molecule has 0 saturated heterocycles. The third-order valence-electron chi connectivity index (χ3n) is 3.09. The number of benzene rings is 2. The summed E-state index contributed by atoms with van der Waals surface area (Å²) in [5.41, 5.74) is -0.767. The van der Waals surface area contributed by atoms with Crippen molar-refractivity contribution in [3.8, 4) is 0 Å². The molecule has 0 unspecified atom stereocenters. The summed E-state index contributed by atoms with van der Waals surface area (Å²) in [6, 6.07) is 8.85. The Labute approximate surface area is 156 Å². The summed E-state index contributed by atoms with van der Waals surface area (Å²) in [7, 11) is -4.55. The fourth-order valence-corrected chi connectivity index (χ4v) is 4.47. The molecule has 2 aromatic carbocycles. The normalized spacial score (nSPS) is 11.1. The van der Waals surface area contributed by atoms with E-state index >= 15 is 0 Å². The fourth-order valence-electron chi connectivity index (χ4n) is 2.05. The van der Waals surface area contributed by atoms with Gasteiger partial charge in [-0.05, 0) is 24.3 Å². The molecule has 0 atom stereocenters. The smallest absolute Gasteiger partial charge is 0.324 e. The number of nitro benzene ring substituents is 1. The van der Waals surface area contributed by atoms with Gasteiger partial charge in [0, 0.05) is 10.5 Å². The summed E-state index contributed by atoms with van der Waals surface area (Å²) in [6.45, 7) is -0.949. The van der Waals surface area contributed by atoms with Crippen LogP contribution >= 0.6 is 27.5 Å². The average molecular weight is 450 g/mol. The maximum atomic E-state index is 12.9. The highest BCUT2D eigenvalue weighted by Crippen LogP contribution is 2.34. The Morgan fingerprint density at radius 3 is 2.48 bits per heavy atom. The van der Waals surface area contributed by atoms with Crippen LogP contribution in [0.4, 0.5) is 11.4 Å². The Morgan fingerprint density at radius 1 is 1.28 bits per heavy atom. The summed E-state index contributed by atoms with van der Waals surface area (Å²) >= 11 is 9.20. The monoisotopic (exact) mass is 448 g/mol. The van der Waals surface area contributed by atoms with Crippen LogP contribution in [0.15, 0.2) is 51.8 Å². The van der Waals surface area contributed by atoms with Gasteiger partial charge in [0.15, 0.2) is 4.90 Å². The van der Waals surface area contributed by atoms with Crippen molar-refractivity contribution in [2.75, 3.05) is 10.8 Å². The van der Waals surface area contributed by atoms with Crippen molar-refractivity contribution in [1.29, 1.82) is 0 Å². The lowest BCUT2D eigenvalue weighted by Crippen LogP contribution is -2.36. The second kappa shape index (κ2) is 7.38. The molecule has 0 bridgehead atoms. The Morgan fingerprint density at radius 2 is 1.92 bits per heavy atom. The molecule has 0 aromatic heterocycles. The number of anilines is 1. The predicted molar refractivity (Wildman–Crippen MR) is 94.4 cm³/mol. The number of carboxylic acids is 1. The third-order valence-corrected chi connectivity index (χ3v) is 5.69. The van der Waals surface area contributed by atoms with Crippen molar-refractivity contribution in [1.82, 2.24) is 0 Å². The number of halogens is 2. The highest BCUT2D eigenvalue weighted by molar-refractivity contribution is 9.10. The number of hydrogen-bond donors (Lipinski definition) is 1. The van der Waals surface area contributed by atoms with E-state index in [1.165, 1.54) is 30.3 Å². The number of carbonyl (C=O) groups is 1. The molecule has 0 aliphatic heterocycles. The first-order valence-electron chi connectivity index (χ1n) is 6.57. The van der Waals surface area contributed by atoms with Crippen LogP contribution in [-0.4, -0.2) is 31.0 Å². The number of carboxylic acid groups (broad SMARTS) is 1. The highest BCUT2D eigenvalue weighted by atomic mass is 79.9. The van der Waals surface area contributed by atoms with Gasteiger partial charge >= 0.3 is 5.97 Å². The van der Waals surface area contributed by atoms with Crippen molar-refractivity contribution in [3.63, 3.8) is 0 Å². The Kier molecular flexibility index (Phi) is 5.65. The van der Waals surface area contributed by atoms with E-state index in [4.69, 9.17) is 16.7 Å². The number of para-hydroxylation sites is 1. The SMILES string of the molecule is O=C(O)CN(c1ccc(Br)cc1Cl)S(=O)(=O)c1ccccc1[N+](=O)[O-]. The molecule has 0 aliphatic rings. The van der Waals surface area contributed by atoms with E-state index in [0.717, 1.165) is 12.1 Å². The van der Waals surface area contributed by atoms with E-state index in [0.29, 0.717) is 8.78 Å². The minimum atomic E-state index is -4.55. The fraction of sp³-hybridized carbons (Fsp3) is 0.0714. The predicted octanol–water partition coefficient (Wildman–Crippen LogP) is 3.29. The van der Waals surface area contributed by atoms with Crippen molar-refractivity contribution in [2.24, 2.45) is 0 Å². The van der Waals surface area contributed by atoms with E-state index in [9.17, 15) is 23.3 Å². The lowest BCUT2D eigenvalue weighted by atomic mass is 10.3. The topological polar surface area (TPSA) is 118 Å². The van der Waals surface area contributed by atoms with E-state index < -0.39 is 38.0 Å². The van der Waals surface area contributed by atoms with Crippen molar-refractivity contribution >= 4 is 54.9 Å². The minimum Gasteiger partial charge on any atom is -0.480 e. The van der Waals surface area contributed by atoms with Gasteiger partial charge in [0.25, 0.3) is 15.7 Å². The third kappa shape index (κ3) is 4.09. The Hall–Kier alpha value is -2.17. The summed E-state index contributed by atoms with van der Waals surface area (Å²) in [5, 5.41) is 20.2. The van der Waals surface area contributed by atoms with Gasteiger partial charge in [-0.2, -0.15) is 0 Å². The van der Waals surface area contributed by atoms with Crippen LogP contribution in [0.5, 0.6) is 0 Å². The second-order valence-electron chi connectivity index (χ2n) is 4.73. The first-order valence-corrected chi connectivity index (χ1v) is 9.18. The standard InChI is InChI=1S/C14H10BrClN2O6S/c15-9-5-6-11(10(16)7-9)17(8-14(19)20)25(23,24)13-4-2-1-3-12(13)18(21)22/h1-7H,8H2,(H,19,20). The maximum absolute atomic E-state index is 12.9. The highest BCUT2D eigenvalue weighted by Gasteiger charge is 2.34. The molecule has 11 heteroatoms. The quantitative estimate of drug-likeness (QED) is 0.534. The molecule has 0 spiro atoms. The first-order chi connectivity index (χ1) is 11.6. The van der Waals surface area contributed by atoms with E-state index in [1.54, 1.807) is 0 Å². The molecule has 0 fully saturated rings. The van der Waals surface area contributed by atoms with Crippen LogP contribution in [0.3, 0.4) is 0 Å². The molecule has 2 rings (SSSR count). The number of sulfonamides is 1. The van der Waals surface area contributed by atoms with Crippen LogP contribution in [0.25, 0.3) is 0 Å². The molecule has 0 heterocycles. The van der Waals surface area contributed by atoms with Gasteiger partial charge in [0.1, 0.15) is 6.54 Å².